The van der Waals surface area contributed by atoms with Gasteiger partial charge in [-0.3, -0.25) is 0 Å². The van der Waals surface area contributed by atoms with E-state index < -0.39 is 6.09 Å². The van der Waals surface area contributed by atoms with Crippen LogP contribution in [0.5, 0.6) is 0 Å². The second-order valence-electron chi connectivity index (χ2n) is 5.26. The molecule has 0 unspecified atom stereocenters. The lowest BCUT2D eigenvalue weighted by atomic mass is 10.0. The Balaban J connectivity index is 1.77. The number of hydrogen-bond acceptors (Lipinski definition) is 2. The van der Waals surface area contributed by atoms with E-state index in [2.05, 4.69) is 4.99 Å². The molecule has 0 heterocycles. The van der Waals surface area contributed by atoms with Gasteiger partial charge in [-0.05, 0) is 23.3 Å². The minimum Gasteiger partial charge on any atom is -0.443 e. The fourth-order valence-electron chi connectivity index (χ4n) is 2.49. The van der Waals surface area contributed by atoms with Crippen LogP contribution in [-0.2, 0) is 11.3 Å². The third kappa shape index (κ3) is 3.64. The average Bonchev–Trinajstić information content (AvgIpc) is 2.60. The van der Waals surface area contributed by atoms with Crippen molar-refractivity contribution in [2.45, 2.75) is 13.5 Å². The summed E-state index contributed by atoms with van der Waals surface area (Å²) in [6.45, 7) is 2.05. The number of aliphatic imine (C=N–C) groups is 1. The summed E-state index contributed by atoms with van der Waals surface area (Å²) >= 11 is 0. The van der Waals surface area contributed by atoms with Crippen LogP contribution in [0.4, 0.5) is 4.79 Å². The van der Waals surface area contributed by atoms with Crippen molar-refractivity contribution >= 4 is 22.6 Å². The second-order valence-corrected chi connectivity index (χ2v) is 5.26. The molecule has 114 valence electrons. The van der Waals surface area contributed by atoms with Gasteiger partial charge >= 0.3 is 6.09 Å². The predicted octanol–water partition coefficient (Wildman–Crippen LogP) is 4.99. The van der Waals surface area contributed by atoms with Crippen LogP contribution in [0, 0.1) is 0 Å². The monoisotopic (exact) mass is 303 g/mol. The number of hydrogen-bond donors (Lipinski definition) is 0. The lowest BCUT2D eigenvalue weighted by Crippen LogP contribution is -2.04. The molecule has 0 saturated heterocycles. The minimum atomic E-state index is -0.570. The van der Waals surface area contributed by atoms with E-state index in [9.17, 15) is 4.79 Å². The van der Waals surface area contributed by atoms with Gasteiger partial charge in [-0.25, -0.2) is 4.79 Å². The topological polar surface area (TPSA) is 38.7 Å². The zero-order chi connectivity index (χ0) is 16.1. The number of ether oxygens (including phenoxy) is 1. The molecule has 3 nitrogen and oxygen atoms in total. The van der Waals surface area contributed by atoms with Gasteiger partial charge in [-0.15, -0.1) is 0 Å². The molecule has 3 aromatic rings. The van der Waals surface area contributed by atoms with Crippen LogP contribution in [0.25, 0.3) is 10.8 Å². The van der Waals surface area contributed by atoms with Gasteiger partial charge in [0.25, 0.3) is 0 Å². The van der Waals surface area contributed by atoms with E-state index in [4.69, 9.17) is 4.74 Å². The average molecular weight is 303 g/mol. The summed E-state index contributed by atoms with van der Waals surface area (Å²) in [5.74, 6) is 0. The van der Waals surface area contributed by atoms with Crippen LogP contribution in [0.1, 0.15) is 18.1 Å². The van der Waals surface area contributed by atoms with Crippen LogP contribution in [-0.4, -0.2) is 11.8 Å². The van der Waals surface area contributed by atoms with E-state index in [1.54, 1.807) is 0 Å². The molecule has 0 aliphatic rings. The number of nitrogens with zero attached hydrogens (tertiary/aromatic N) is 1. The molecule has 0 atom stereocenters. The van der Waals surface area contributed by atoms with E-state index in [1.165, 1.54) is 0 Å². The van der Waals surface area contributed by atoms with E-state index in [-0.39, 0.29) is 6.61 Å². The highest BCUT2D eigenvalue weighted by molar-refractivity contribution is 6.12. The van der Waals surface area contributed by atoms with Crippen LogP contribution in [0.2, 0.25) is 0 Å². The van der Waals surface area contributed by atoms with E-state index in [0.29, 0.717) is 5.71 Å². The van der Waals surface area contributed by atoms with Crippen molar-refractivity contribution in [2.24, 2.45) is 4.99 Å². The summed E-state index contributed by atoms with van der Waals surface area (Å²) in [7, 11) is 0. The molecule has 0 fully saturated rings. The normalized spacial score (nSPS) is 11.4. The Kier molecular flexibility index (Phi) is 4.48. The third-order valence-electron chi connectivity index (χ3n) is 3.64. The smallest absolute Gasteiger partial charge is 0.434 e. The van der Waals surface area contributed by atoms with E-state index in [1.807, 2.05) is 79.7 Å². The molecular formula is C20H17NO2. The van der Waals surface area contributed by atoms with Gasteiger partial charge in [0.05, 0.1) is 5.71 Å². The molecule has 0 aliphatic carbocycles. The molecule has 0 aromatic heterocycles. The Morgan fingerprint density at radius 2 is 1.61 bits per heavy atom. The summed E-state index contributed by atoms with van der Waals surface area (Å²) in [6.07, 6.45) is -0.570. The van der Waals surface area contributed by atoms with Gasteiger partial charge in [-0.1, -0.05) is 72.8 Å². The molecule has 0 N–H and O–H groups in total. The van der Waals surface area contributed by atoms with Crippen molar-refractivity contribution in [1.82, 2.24) is 0 Å². The highest BCUT2D eigenvalue weighted by atomic mass is 16.5. The van der Waals surface area contributed by atoms with Crippen LogP contribution in [0.3, 0.4) is 0 Å². The van der Waals surface area contributed by atoms with Gasteiger partial charge in [0.1, 0.15) is 6.61 Å². The first kappa shape index (κ1) is 15.0. The summed E-state index contributed by atoms with van der Waals surface area (Å²) < 4.78 is 5.21. The maximum atomic E-state index is 11.9. The fourth-order valence-corrected chi connectivity index (χ4v) is 2.49. The van der Waals surface area contributed by atoms with Gasteiger partial charge in [0.2, 0.25) is 0 Å². The molecule has 23 heavy (non-hydrogen) atoms. The molecule has 3 rings (SSSR count). The summed E-state index contributed by atoms with van der Waals surface area (Å²) in [6, 6.07) is 23.6. The van der Waals surface area contributed by atoms with Gasteiger partial charge < -0.3 is 4.74 Å². The largest absolute Gasteiger partial charge is 0.443 e. The Labute approximate surface area is 135 Å². The molecule has 0 bridgehead atoms. The number of carbonyl (C=O) groups is 1. The van der Waals surface area contributed by atoms with Crippen molar-refractivity contribution in [1.29, 1.82) is 0 Å². The molecule has 0 radical (unpaired) electrons. The Hall–Kier alpha value is -2.94. The zero-order valence-electron chi connectivity index (χ0n) is 12.9. The summed E-state index contributed by atoms with van der Waals surface area (Å²) in [5, 5.41) is 2.20. The first-order valence-corrected chi connectivity index (χ1v) is 7.48. The third-order valence-corrected chi connectivity index (χ3v) is 3.64. The van der Waals surface area contributed by atoms with Crippen LogP contribution in [0.15, 0.2) is 77.8 Å². The number of rotatable bonds is 3. The van der Waals surface area contributed by atoms with Gasteiger partial charge in [0.15, 0.2) is 0 Å². The second kappa shape index (κ2) is 6.88. The zero-order valence-corrected chi connectivity index (χ0v) is 12.9. The van der Waals surface area contributed by atoms with Crippen LogP contribution < -0.4 is 0 Å². The lowest BCUT2D eigenvalue weighted by molar-refractivity contribution is 0.151. The number of fused-ring (bicyclic) bond motifs is 1. The molecule has 0 spiro atoms. The van der Waals surface area contributed by atoms with E-state index >= 15 is 0 Å². The number of carbonyl (C=O) groups excluding carboxylic acids is 1. The standard InChI is InChI=1S/C20H17NO2/c1-15(18-13-7-11-17-10-5-6-12-19(17)18)21-20(22)23-14-16-8-3-2-4-9-16/h2-13H,14H2,1H3/b21-15+. The lowest BCUT2D eigenvalue weighted by Gasteiger charge is -2.06. The maximum Gasteiger partial charge on any atom is 0.434 e. The molecule has 0 saturated carbocycles. The van der Waals surface area contributed by atoms with E-state index in [0.717, 1.165) is 21.9 Å². The number of benzene rings is 3. The molecule has 0 aliphatic heterocycles. The minimum absolute atomic E-state index is 0.228. The SMILES string of the molecule is C/C(=N\C(=O)OCc1ccccc1)c1cccc2ccccc12. The van der Waals surface area contributed by atoms with Crippen molar-refractivity contribution in [2.75, 3.05) is 0 Å². The predicted molar refractivity (Wildman–Crippen MR) is 92.8 cm³/mol. The van der Waals surface area contributed by atoms with Crippen LogP contribution >= 0.6 is 0 Å². The Morgan fingerprint density at radius 1 is 0.913 bits per heavy atom. The van der Waals surface area contributed by atoms with Crippen molar-refractivity contribution in [3.8, 4) is 0 Å². The fraction of sp³-hybridized carbons (Fsp3) is 0.100. The first-order valence-electron chi connectivity index (χ1n) is 7.48. The Morgan fingerprint density at radius 3 is 2.43 bits per heavy atom. The van der Waals surface area contributed by atoms with Gasteiger partial charge in [0, 0.05) is 5.56 Å². The molecule has 3 aromatic carbocycles. The summed E-state index contributed by atoms with van der Waals surface area (Å²) in [5.41, 5.74) is 2.54. The summed E-state index contributed by atoms with van der Waals surface area (Å²) in [4.78, 5) is 16.0. The van der Waals surface area contributed by atoms with Gasteiger partial charge in [-0.2, -0.15) is 4.99 Å². The highest BCUT2D eigenvalue weighted by Crippen LogP contribution is 2.19. The molecule has 1 amide bonds. The van der Waals surface area contributed by atoms with Crippen molar-refractivity contribution in [3.63, 3.8) is 0 Å². The Bertz CT molecular complexity index is 848. The quantitative estimate of drug-likeness (QED) is 0.640. The highest BCUT2D eigenvalue weighted by Gasteiger charge is 2.07. The molecular weight excluding hydrogens is 286 g/mol. The first-order chi connectivity index (χ1) is 11.2. The van der Waals surface area contributed by atoms with Crippen molar-refractivity contribution in [3.05, 3.63) is 83.9 Å². The maximum absolute atomic E-state index is 11.9. The number of amides is 1. The molecule has 3 heteroatoms. The van der Waals surface area contributed by atoms with Crippen molar-refractivity contribution < 1.29 is 9.53 Å².